The largest absolute Gasteiger partial charge is 0.463 e. The number of carbonyl (C=O) groups is 2. The van der Waals surface area contributed by atoms with Gasteiger partial charge in [0.05, 0.1) is 6.61 Å². The third-order valence-corrected chi connectivity index (χ3v) is 3.90. The molecular weight excluding hydrogens is 293 g/mol. The van der Waals surface area contributed by atoms with Crippen molar-refractivity contribution in [1.29, 1.82) is 0 Å². The molecule has 0 aromatic carbocycles. The number of ether oxygens (including phenoxy) is 2. The first-order valence-electron chi connectivity index (χ1n) is 6.08. The Kier molecular flexibility index (Phi) is 7.55. The SMILES string of the molecule is C[Si](C)(C)CCCOC(=O)C=CC(=O)OCC(F)(F)F. The quantitative estimate of drug-likeness (QED) is 0.314. The summed E-state index contributed by atoms with van der Waals surface area (Å²) in [5.41, 5.74) is 0. The van der Waals surface area contributed by atoms with Gasteiger partial charge in [0, 0.05) is 20.2 Å². The zero-order valence-corrected chi connectivity index (χ0v) is 12.8. The van der Waals surface area contributed by atoms with E-state index in [-0.39, 0.29) is 6.61 Å². The molecule has 0 radical (unpaired) electrons. The molecule has 116 valence electrons. The molecule has 0 saturated heterocycles. The smallest absolute Gasteiger partial charge is 0.422 e. The Labute approximate surface area is 116 Å². The normalized spacial score (nSPS) is 12.5. The van der Waals surface area contributed by atoms with E-state index in [1.807, 2.05) is 0 Å². The third-order valence-electron chi connectivity index (χ3n) is 2.05. The van der Waals surface area contributed by atoms with Gasteiger partial charge < -0.3 is 9.47 Å². The van der Waals surface area contributed by atoms with E-state index in [2.05, 4.69) is 24.4 Å². The second-order valence-corrected chi connectivity index (χ2v) is 11.0. The van der Waals surface area contributed by atoms with Crippen molar-refractivity contribution in [3.05, 3.63) is 12.2 Å². The molecular formula is C12H19F3O4Si. The molecule has 8 heteroatoms. The van der Waals surface area contributed by atoms with Gasteiger partial charge >= 0.3 is 18.1 Å². The molecule has 0 aromatic rings. The lowest BCUT2D eigenvalue weighted by atomic mass is 10.5. The summed E-state index contributed by atoms with van der Waals surface area (Å²) in [6.07, 6.45) is -2.48. The number of hydrogen-bond acceptors (Lipinski definition) is 4. The third kappa shape index (κ3) is 13.1. The summed E-state index contributed by atoms with van der Waals surface area (Å²) in [6, 6.07) is 0.998. The Hall–Kier alpha value is -1.31. The first kappa shape index (κ1) is 18.7. The molecule has 0 bridgehead atoms. The van der Waals surface area contributed by atoms with Crippen molar-refractivity contribution in [2.45, 2.75) is 38.3 Å². The highest BCUT2D eigenvalue weighted by molar-refractivity contribution is 6.76. The van der Waals surface area contributed by atoms with Crippen molar-refractivity contribution in [2.75, 3.05) is 13.2 Å². The maximum absolute atomic E-state index is 11.7. The van der Waals surface area contributed by atoms with E-state index >= 15 is 0 Å². The second-order valence-electron chi connectivity index (χ2n) is 5.39. The average molecular weight is 312 g/mol. The fourth-order valence-electron chi connectivity index (χ4n) is 1.16. The first-order chi connectivity index (χ1) is 8.99. The van der Waals surface area contributed by atoms with Gasteiger partial charge in [-0.1, -0.05) is 25.7 Å². The van der Waals surface area contributed by atoms with Gasteiger partial charge in [0.25, 0.3) is 0 Å². The fraction of sp³-hybridized carbons (Fsp3) is 0.667. The van der Waals surface area contributed by atoms with Gasteiger partial charge in [0.2, 0.25) is 0 Å². The van der Waals surface area contributed by atoms with Crippen LogP contribution in [0, 0.1) is 0 Å². The summed E-state index contributed by atoms with van der Waals surface area (Å²) in [5.74, 6) is -2.01. The summed E-state index contributed by atoms with van der Waals surface area (Å²) in [4.78, 5) is 22.0. The first-order valence-corrected chi connectivity index (χ1v) is 9.79. The molecule has 0 saturated carbocycles. The second kappa shape index (κ2) is 8.08. The molecule has 0 aliphatic carbocycles. The highest BCUT2D eigenvalue weighted by Crippen LogP contribution is 2.14. The molecule has 0 aliphatic rings. The molecule has 0 aliphatic heterocycles. The average Bonchev–Trinajstić information content (AvgIpc) is 2.27. The van der Waals surface area contributed by atoms with Gasteiger partial charge in [0.1, 0.15) is 0 Å². The van der Waals surface area contributed by atoms with E-state index in [0.717, 1.165) is 18.5 Å². The predicted molar refractivity (Wildman–Crippen MR) is 69.9 cm³/mol. The van der Waals surface area contributed by atoms with Crippen LogP contribution in [0.5, 0.6) is 0 Å². The zero-order valence-electron chi connectivity index (χ0n) is 11.8. The van der Waals surface area contributed by atoms with E-state index in [1.165, 1.54) is 0 Å². The molecule has 0 amide bonds. The van der Waals surface area contributed by atoms with Crippen molar-refractivity contribution in [3.8, 4) is 0 Å². The summed E-state index contributed by atoms with van der Waals surface area (Å²) < 4.78 is 43.9. The van der Waals surface area contributed by atoms with Gasteiger partial charge in [-0.3, -0.25) is 0 Å². The highest BCUT2D eigenvalue weighted by Gasteiger charge is 2.29. The van der Waals surface area contributed by atoms with Crippen molar-refractivity contribution < 1.29 is 32.2 Å². The molecule has 0 aromatic heterocycles. The van der Waals surface area contributed by atoms with E-state index in [1.54, 1.807) is 0 Å². The van der Waals surface area contributed by atoms with Crippen LogP contribution in [0.3, 0.4) is 0 Å². The Balaban J connectivity index is 3.85. The Bertz CT molecular complexity index is 359. The molecule has 0 atom stereocenters. The minimum atomic E-state index is -4.58. The maximum Gasteiger partial charge on any atom is 0.422 e. The minimum absolute atomic E-state index is 0.227. The van der Waals surface area contributed by atoms with Crippen LogP contribution in [0.15, 0.2) is 12.2 Å². The van der Waals surface area contributed by atoms with Gasteiger partial charge in [-0.15, -0.1) is 0 Å². The van der Waals surface area contributed by atoms with Crippen LogP contribution in [0.4, 0.5) is 13.2 Å². The number of rotatable bonds is 7. The summed E-state index contributed by atoms with van der Waals surface area (Å²) in [6.45, 7) is 5.11. The van der Waals surface area contributed by atoms with Gasteiger partial charge in [-0.25, -0.2) is 9.59 Å². The molecule has 0 unspecified atom stereocenters. The van der Waals surface area contributed by atoms with Gasteiger partial charge in [0.15, 0.2) is 6.61 Å². The van der Waals surface area contributed by atoms with Crippen LogP contribution >= 0.6 is 0 Å². The summed E-state index contributed by atoms with van der Waals surface area (Å²) >= 11 is 0. The molecule has 4 nitrogen and oxygen atoms in total. The summed E-state index contributed by atoms with van der Waals surface area (Å²) in [5, 5.41) is 0. The molecule has 20 heavy (non-hydrogen) atoms. The lowest BCUT2D eigenvalue weighted by Crippen LogP contribution is -2.20. The Morgan fingerprint density at radius 3 is 2.00 bits per heavy atom. The molecule has 0 spiro atoms. The van der Waals surface area contributed by atoms with Crippen LogP contribution in [0.1, 0.15) is 6.42 Å². The standard InChI is InChI=1S/C12H19F3O4Si/c1-20(2,3)8-4-7-18-10(16)5-6-11(17)19-9-12(13,14)15/h5-6H,4,7-9H2,1-3H3. The number of alkyl halides is 3. The Morgan fingerprint density at radius 2 is 1.55 bits per heavy atom. The highest BCUT2D eigenvalue weighted by atomic mass is 28.3. The zero-order chi connectivity index (χ0) is 15.8. The fourth-order valence-corrected chi connectivity index (χ4v) is 2.37. The maximum atomic E-state index is 11.7. The van der Waals surface area contributed by atoms with Gasteiger partial charge in [-0.05, 0) is 6.42 Å². The molecule has 0 heterocycles. The number of carbonyl (C=O) groups excluding carboxylic acids is 2. The van der Waals surface area contributed by atoms with Crippen molar-refractivity contribution in [1.82, 2.24) is 0 Å². The van der Waals surface area contributed by atoms with Crippen LogP contribution in [0.2, 0.25) is 25.7 Å². The lowest BCUT2D eigenvalue weighted by Gasteiger charge is -2.14. The monoisotopic (exact) mass is 312 g/mol. The number of hydrogen-bond donors (Lipinski definition) is 0. The van der Waals surface area contributed by atoms with Crippen LogP contribution < -0.4 is 0 Å². The van der Waals surface area contributed by atoms with Crippen LogP contribution in [-0.2, 0) is 19.1 Å². The topological polar surface area (TPSA) is 52.6 Å². The van der Waals surface area contributed by atoms with Crippen molar-refractivity contribution in [2.24, 2.45) is 0 Å². The predicted octanol–water partition coefficient (Wildman–Crippen LogP) is 2.92. The molecule has 0 N–H and O–H groups in total. The van der Waals surface area contributed by atoms with Crippen LogP contribution in [-0.4, -0.2) is 39.4 Å². The van der Waals surface area contributed by atoms with Gasteiger partial charge in [-0.2, -0.15) is 13.2 Å². The molecule has 0 rings (SSSR count). The minimum Gasteiger partial charge on any atom is -0.463 e. The van der Waals surface area contributed by atoms with E-state index in [4.69, 9.17) is 4.74 Å². The summed E-state index contributed by atoms with van der Waals surface area (Å²) in [7, 11) is -1.18. The van der Waals surface area contributed by atoms with E-state index in [9.17, 15) is 22.8 Å². The number of halogens is 3. The van der Waals surface area contributed by atoms with Crippen molar-refractivity contribution >= 4 is 20.0 Å². The molecule has 0 fully saturated rings. The van der Waals surface area contributed by atoms with E-state index in [0.29, 0.717) is 6.08 Å². The van der Waals surface area contributed by atoms with Crippen LogP contribution in [0.25, 0.3) is 0 Å². The van der Waals surface area contributed by atoms with E-state index < -0.39 is 32.8 Å². The van der Waals surface area contributed by atoms with Crippen molar-refractivity contribution in [3.63, 3.8) is 0 Å². The lowest BCUT2D eigenvalue weighted by molar-refractivity contribution is -0.182. The Morgan fingerprint density at radius 1 is 1.05 bits per heavy atom. The number of esters is 2.